The molecular formula is C15H28N2Y-2. The molecule has 2 nitrogen and oxygen atoms in total. The number of aromatic nitrogens is 2. The maximum Gasteiger partial charge on any atom is 0.112 e. The summed E-state index contributed by atoms with van der Waals surface area (Å²) < 4.78 is 2.17. The van der Waals surface area contributed by atoms with Crippen molar-refractivity contribution in [2.45, 2.75) is 34.6 Å². The Labute approximate surface area is 139 Å². The van der Waals surface area contributed by atoms with Gasteiger partial charge in [-0.25, -0.2) is 4.98 Å². The van der Waals surface area contributed by atoms with Crippen LogP contribution in [0.1, 0.15) is 40.4 Å². The topological polar surface area (TPSA) is 17.8 Å². The van der Waals surface area contributed by atoms with Gasteiger partial charge in [0.2, 0.25) is 0 Å². The van der Waals surface area contributed by atoms with Crippen molar-refractivity contribution >= 4 is 11.0 Å². The van der Waals surface area contributed by atoms with Crippen LogP contribution in [0.5, 0.6) is 0 Å². The quantitative estimate of drug-likeness (QED) is 0.684. The SMILES string of the molecule is C.C.CC(C)c1nc2ccccc2n1C.[CH3-].[CH3-].[Y]. The molecule has 0 bridgehead atoms. The zero-order valence-electron chi connectivity index (χ0n) is 10.9. The molecule has 103 valence electrons. The molecule has 3 heteroatoms. The summed E-state index contributed by atoms with van der Waals surface area (Å²) in [7, 11) is 2.07. The molecule has 0 aliphatic carbocycles. The van der Waals surface area contributed by atoms with E-state index in [2.05, 4.69) is 42.6 Å². The maximum absolute atomic E-state index is 4.57. The molecule has 0 spiro atoms. The molecule has 18 heavy (non-hydrogen) atoms. The third-order valence-corrected chi connectivity index (χ3v) is 2.34. The minimum absolute atomic E-state index is 0. The summed E-state index contributed by atoms with van der Waals surface area (Å²) in [5, 5.41) is 0. The van der Waals surface area contributed by atoms with Crippen LogP contribution in [0.2, 0.25) is 0 Å². The molecule has 0 aliphatic heterocycles. The standard InChI is InChI=1S/C11H14N2.2CH4.2CH3.Y/c1-8(2)11-12-9-6-4-5-7-10(9)13(11)3;;;;;/h4-8H,1-3H3;2*1H4;2*1H3;/q;;;2*-1;. The first-order valence-corrected chi connectivity index (χ1v) is 4.61. The van der Waals surface area contributed by atoms with Crippen LogP contribution in [-0.2, 0) is 39.8 Å². The predicted molar refractivity (Wildman–Crippen MR) is 81.1 cm³/mol. The third kappa shape index (κ3) is 4.81. The van der Waals surface area contributed by atoms with Gasteiger partial charge in [-0.15, -0.1) is 0 Å². The summed E-state index contributed by atoms with van der Waals surface area (Å²) in [5.41, 5.74) is 2.31. The van der Waals surface area contributed by atoms with Crippen molar-refractivity contribution in [3.63, 3.8) is 0 Å². The van der Waals surface area contributed by atoms with Crippen LogP contribution in [0.4, 0.5) is 0 Å². The second kappa shape index (κ2) is 10.7. The van der Waals surface area contributed by atoms with Crippen molar-refractivity contribution in [1.82, 2.24) is 9.55 Å². The van der Waals surface area contributed by atoms with Crippen molar-refractivity contribution in [1.29, 1.82) is 0 Å². The Balaban J connectivity index is -0.000000196. The molecule has 0 saturated heterocycles. The smallest absolute Gasteiger partial charge is 0.112 e. The van der Waals surface area contributed by atoms with Gasteiger partial charge in [0.1, 0.15) is 5.82 Å². The van der Waals surface area contributed by atoms with Gasteiger partial charge >= 0.3 is 0 Å². The molecule has 2 rings (SSSR count). The molecule has 0 N–H and O–H groups in total. The van der Waals surface area contributed by atoms with E-state index in [1.54, 1.807) is 0 Å². The summed E-state index contributed by atoms with van der Waals surface area (Å²) in [4.78, 5) is 4.57. The molecule has 2 aromatic rings. The molecule has 1 aromatic carbocycles. The number of nitrogens with zero attached hydrogens (tertiary/aromatic N) is 2. The van der Waals surface area contributed by atoms with Gasteiger partial charge in [-0.05, 0) is 12.1 Å². The number of hydrogen-bond acceptors (Lipinski definition) is 1. The van der Waals surface area contributed by atoms with Gasteiger partial charge in [-0.2, -0.15) is 0 Å². The fourth-order valence-electron chi connectivity index (χ4n) is 1.68. The van der Waals surface area contributed by atoms with E-state index in [9.17, 15) is 0 Å². The van der Waals surface area contributed by atoms with Crippen molar-refractivity contribution < 1.29 is 32.7 Å². The molecule has 0 saturated carbocycles. The predicted octanol–water partition coefficient (Wildman–Crippen LogP) is 4.87. The first-order valence-electron chi connectivity index (χ1n) is 4.61. The molecule has 0 unspecified atom stereocenters. The summed E-state index contributed by atoms with van der Waals surface area (Å²) in [5.74, 6) is 1.64. The van der Waals surface area contributed by atoms with Gasteiger partial charge in [0.15, 0.2) is 0 Å². The van der Waals surface area contributed by atoms with Gasteiger partial charge in [-0.3, -0.25) is 0 Å². The van der Waals surface area contributed by atoms with E-state index in [0.717, 1.165) is 11.3 Å². The van der Waals surface area contributed by atoms with E-state index in [1.165, 1.54) is 5.52 Å². The Kier molecular flexibility index (Phi) is 15.7. The Hall–Kier alpha value is -0.206. The van der Waals surface area contributed by atoms with E-state index < -0.39 is 0 Å². The van der Waals surface area contributed by atoms with Crippen molar-refractivity contribution in [2.75, 3.05) is 0 Å². The Morgan fingerprint density at radius 2 is 1.56 bits per heavy atom. The summed E-state index contributed by atoms with van der Waals surface area (Å²) >= 11 is 0. The summed E-state index contributed by atoms with van der Waals surface area (Å²) in [6.45, 7) is 4.34. The normalized spacial score (nSPS) is 8.22. The number of imidazole rings is 1. The van der Waals surface area contributed by atoms with E-state index in [0.29, 0.717) is 5.92 Å². The minimum atomic E-state index is 0. The summed E-state index contributed by atoms with van der Waals surface area (Å²) in [6, 6.07) is 8.24. The number of fused-ring (bicyclic) bond motifs is 1. The molecular weight excluding hydrogens is 297 g/mol. The van der Waals surface area contributed by atoms with E-state index in [4.69, 9.17) is 0 Å². The maximum atomic E-state index is 4.57. The molecule has 1 aromatic heterocycles. The van der Waals surface area contributed by atoms with Crippen LogP contribution in [-0.4, -0.2) is 9.55 Å². The fraction of sp³-hybridized carbons (Fsp3) is 0.400. The van der Waals surface area contributed by atoms with Gasteiger partial charge in [0, 0.05) is 45.7 Å². The molecule has 1 radical (unpaired) electrons. The van der Waals surface area contributed by atoms with Gasteiger partial charge < -0.3 is 19.4 Å². The zero-order chi connectivity index (χ0) is 9.42. The monoisotopic (exact) mass is 325 g/mol. The van der Waals surface area contributed by atoms with Crippen LogP contribution < -0.4 is 0 Å². The average Bonchev–Trinajstić information content (AvgIpc) is 2.45. The molecule has 1 heterocycles. The number of aryl methyl sites for hydroxylation is 1. The van der Waals surface area contributed by atoms with Crippen LogP contribution in [0.3, 0.4) is 0 Å². The fourth-order valence-corrected chi connectivity index (χ4v) is 1.68. The van der Waals surface area contributed by atoms with Gasteiger partial charge in [0.25, 0.3) is 0 Å². The molecule has 0 amide bonds. The second-order valence-electron chi connectivity index (χ2n) is 3.67. The Morgan fingerprint density at radius 3 is 2.00 bits per heavy atom. The van der Waals surface area contributed by atoms with Crippen LogP contribution in [0, 0.1) is 14.9 Å². The first-order chi connectivity index (χ1) is 6.20. The molecule has 0 aliphatic rings. The van der Waals surface area contributed by atoms with Crippen LogP contribution >= 0.6 is 0 Å². The number of para-hydroxylation sites is 2. The van der Waals surface area contributed by atoms with Crippen molar-refractivity contribution in [2.24, 2.45) is 7.05 Å². The van der Waals surface area contributed by atoms with Gasteiger partial charge in [0.05, 0.1) is 11.0 Å². The second-order valence-corrected chi connectivity index (χ2v) is 3.67. The van der Waals surface area contributed by atoms with Crippen LogP contribution in [0.25, 0.3) is 11.0 Å². The van der Waals surface area contributed by atoms with E-state index in [-0.39, 0.29) is 62.4 Å². The van der Waals surface area contributed by atoms with E-state index in [1.807, 2.05) is 12.1 Å². The number of hydrogen-bond donors (Lipinski definition) is 0. The Bertz CT molecular complexity index is 433. The van der Waals surface area contributed by atoms with Crippen molar-refractivity contribution in [3.8, 4) is 0 Å². The number of rotatable bonds is 1. The Morgan fingerprint density at radius 1 is 1.06 bits per heavy atom. The molecule has 0 atom stereocenters. The van der Waals surface area contributed by atoms with Crippen molar-refractivity contribution in [3.05, 3.63) is 44.9 Å². The average molecular weight is 325 g/mol. The summed E-state index contributed by atoms with van der Waals surface area (Å²) in [6.07, 6.45) is 0. The van der Waals surface area contributed by atoms with Gasteiger partial charge in [-0.1, -0.05) is 40.8 Å². The largest absolute Gasteiger partial charge is 0.358 e. The van der Waals surface area contributed by atoms with Crippen LogP contribution in [0.15, 0.2) is 24.3 Å². The van der Waals surface area contributed by atoms with E-state index >= 15 is 0 Å². The zero-order valence-corrected chi connectivity index (χ0v) is 13.7. The number of benzene rings is 1. The first kappa shape index (κ1) is 26.4. The molecule has 0 fully saturated rings. The minimum Gasteiger partial charge on any atom is -0.358 e. The third-order valence-electron chi connectivity index (χ3n) is 2.34.